The number of carbonyl (C=O) groups is 4. The number of fused-ring (bicyclic) bond motifs is 5. The largest absolute Gasteiger partial charge is 0.479 e. The van der Waals surface area contributed by atoms with Crippen LogP contribution in [-0.4, -0.2) is 62.3 Å². The number of carboxylic acids is 1. The van der Waals surface area contributed by atoms with E-state index in [4.69, 9.17) is 4.74 Å². The first-order valence-electron chi connectivity index (χ1n) is 13.0. The molecular formula is C28H37FO8. The number of allylic oxidation sites excluding steroid dienone is 1. The lowest BCUT2D eigenvalue weighted by molar-refractivity contribution is -0.171. The molecule has 8 nitrogen and oxygen atoms in total. The monoisotopic (exact) mass is 520 g/mol. The van der Waals surface area contributed by atoms with Gasteiger partial charge >= 0.3 is 11.9 Å². The van der Waals surface area contributed by atoms with Crippen LogP contribution in [0.3, 0.4) is 0 Å². The number of rotatable bonds is 5. The fourth-order valence-electron chi connectivity index (χ4n) is 8.36. The Bertz CT molecular complexity index is 1120. The molecule has 0 amide bonds. The lowest BCUT2D eigenvalue weighted by atomic mass is 9.44. The number of halogens is 1. The average Bonchev–Trinajstić information content (AvgIpc) is 3.15. The number of aliphatic carboxylic acids is 1. The Hall–Kier alpha value is -2.39. The van der Waals surface area contributed by atoms with Gasteiger partial charge in [0, 0.05) is 12.5 Å². The van der Waals surface area contributed by atoms with Gasteiger partial charge in [-0.1, -0.05) is 13.5 Å². The van der Waals surface area contributed by atoms with Gasteiger partial charge in [-0.3, -0.25) is 14.4 Å². The van der Waals surface area contributed by atoms with Crippen molar-refractivity contribution in [2.24, 2.45) is 28.6 Å². The van der Waals surface area contributed by atoms with Crippen molar-refractivity contribution >= 4 is 23.5 Å². The maximum absolute atomic E-state index is 17.5. The summed E-state index contributed by atoms with van der Waals surface area (Å²) in [6, 6.07) is 0. The van der Waals surface area contributed by atoms with Crippen molar-refractivity contribution in [2.75, 3.05) is 0 Å². The number of esters is 1. The summed E-state index contributed by atoms with van der Waals surface area (Å²) in [7, 11) is 0. The van der Waals surface area contributed by atoms with Crippen LogP contribution in [0.15, 0.2) is 23.3 Å². The SMILES string of the molecule is C=C([C@@H]1CC[C@H]2[C@@H]3CCC4=C(C(C)OC(C)=O)C(O)C(=O)C(=O)[C@]4(C)[C@@]3(F)CC[C@]12C)C(C)(O)C(=O)O. The average molecular weight is 521 g/mol. The zero-order valence-electron chi connectivity index (χ0n) is 22.1. The second-order valence-corrected chi connectivity index (χ2v) is 12.1. The summed E-state index contributed by atoms with van der Waals surface area (Å²) in [5.74, 6) is -5.23. The zero-order valence-corrected chi connectivity index (χ0v) is 22.1. The molecule has 0 aromatic carbocycles. The molecule has 4 rings (SSSR count). The van der Waals surface area contributed by atoms with E-state index in [1.807, 2.05) is 6.92 Å². The normalized spacial score (nSPS) is 41.7. The molecule has 0 aromatic rings. The van der Waals surface area contributed by atoms with E-state index in [1.54, 1.807) is 0 Å². The molecule has 9 atom stereocenters. The molecule has 3 N–H and O–H groups in total. The predicted octanol–water partition coefficient (Wildman–Crippen LogP) is 3.09. The summed E-state index contributed by atoms with van der Waals surface area (Å²) < 4.78 is 22.8. The van der Waals surface area contributed by atoms with Crippen LogP contribution in [0.2, 0.25) is 0 Å². The number of Topliss-reactive ketones (excluding diaryl/α,β-unsaturated/α-hetero) is 2. The molecule has 204 valence electrons. The van der Waals surface area contributed by atoms with Crippen LogP contribution in [0.4, 0.5) is 4.39 Å². The molecule has 0 heterocycles. The highest BCUT2D eigenvalue weighted by Crippen LogP contribution is 2.70. The maximum atomic E-state index is 17.5. The molecule has 0 spiro atoms. The number of carbonyl (C=O) groups excluding carboxylic acids is 3. The molecule has 37 heavy (non-hydrogen) atoms. The number of carboxylic acid groups (broad SMARTS) is 1. The highest BCUT2D eigenvalue weighted by atomic mass is 19.1. The zero-order chi connectivity index (χ0) is 27.9. The summed E-state index contributed by atoms with van der Waals surface area (Å²) in [5, 5.41) is 30.9. The lowest BCUT2D eigenvalue weighted by Crippen LogP contribution is -2.66. The van der Waals surface area contributed by atoms with Crippen LogP contribution in [0.1, 0.15) is 73.1 Å². The third-order valence-corrected chi connectivity index (χ3v) is 10.5. The molecule has 4 aliphatic carbocycles. The molecular weight excluding hydrogens is 483 g/mol. The maximum Gasteiger partial charge on any atom is 0.339 e. The van der Waals surface area contributed by atoms with Crippen LogP contribution >= 0.6 is 0 Å². The highest BCUT2D eigenvalue weighted by molar-refractivity contribution is 6.43. The second kappa shape index (κ2) is 8.56. The van der Waals surface area contributed by atoms with Gasteiger partial charge in [0.25, 0.3) is 0 Å². The minimum Gasteiger partial charge on any atom is -0.479 e. The Morgan fingerprint density at radius 1 is 1.16 bits per heavy atom. The standard InChI is InChI=1S/C28H37FO8/c1-13(27(6,36)24(34)35)16-7-8-17-18-9-10-19-20(14(2)37-15(3)30)21(31)22(32)23(33)26(19,5)28(18,29)12-11-25(16,17)4/h14,16-18,21,31,36H,1,7-12H2,2-6H3,(H,34,35)/t14?,16-,17-,18-,21?,25+,26+,27?,28+/m0/s1. The van der Waals surface area contributed by atoms with Crippen molar-refractivity contribution in [3.05, 3.63) is 23.3 Å². The van der Waals surface area contributed by atoms with Crippen molar-refractivity contribution in [2.45, 2.75) is 96.6 Å². The van der Waals surface area contributed by atoms with Crippen molar-refractivity contribution in [3.8, 4) is 0 Å². The summed E-state index contributed by atoms with van der Waals surface area (Å²) in [4.78, 5) is 49.8. The molecule has 0 saturated heterocycles. The minimum absolute atomic E-state index is 0.0476. The van der Waals surface area contributed by atoms with Crippen LogP contribution in [0.25, 0.3) is 0 Å². The van der Waals surface area contributed by atoms with Crippen molar-refractivity contribution in [1.82, 2.24) is 0 Å². The van der Waals surface area contributed by atoms with Gasteiger partial charge in [-0.2, -0.15) is 0 Å². The van der Waals surface area contributed by atoms with Crippen LogP contribution in [-0.2, 0) is 23.9 Å². The molecule has 4 aliphatic rings. The summed E-state index contributed by atoms with van der Waals surface area (Å²) in [5.41, 5.74) is -5.91. The number of ketones is 2. The van der Waals surface area contributed by atoms with Crippen molar-refractivity contribution < 1.29 is 43.6 Å². The highest BCUT2D eigenvalue weighted by Gasteiger charge is 2.72. The first-order chi connectivity index (χ1) is 17.0. The third kappa shape index (κ3) is 3.52. The van der Waals surface area contributed by atoms with E-state index in [9.17, 15) is 34.5 Å². The Labute approximate surface area is 215 Å². The molecule has 3 saturated carbocycles. The topological polar surface area (TPSA) is 138 Å². The predicted molar refractivity (Wildman–Crippen MR) is 130 cm³/mol. The Morgan fingerprint density at radius 3 is 2.35 bits per heavy atom. The van der Waals surface area contributed by atoms with Gasteiger partial charge in [-0.15, -0.1) is 0 Å². The van der Waals surface area contributed by atoms with E-state index in [0.717, 1.165) is 0 Å². The quantitative estimate of drug-likeness (QED) is 0.286. The Morgan fingerprint density at radius 2 is 1.78 bits per heavy atom. The van der Waals surface area contributed by atoms with Crippen molar-refractivity contribution in [1.29, 1.82) is 0 Å². The number of hydrogen-bond acceptors (Lipinski definition) is 7. The molecule has 3 unspecified atom stereocenters. The van der Waals surface area contributed by atoms with Gasteiger partial charge in [0.05, 0.1) is 5.41 Å². The lowest BCUT2D eigenvalue weighted by Gasteiger charge is -2.61. The smallest absolute Gasteiger partial charge is 0.339 e. The third-order valence-electron chi connectivity index (χ3n) is 10.5. The van der Waals surface area contributed by atoms with E-state index >= 15 is 4.39 Å². The van der Waals surface area contributed by atoms with Crippen molar-refractivity contribution in [3.63, 3.8) is 0 Å². The number of ether oxygens (including phenoxy) is 1. The molecule has 3 fully saturated rings. The fourth-order valence-corrected chi connectivity index (χ4v) is 8.36. The summed E-state index contributed by atoms with van der Waals surface area (Å²) in [6.45, 7) is 11.3. The van der Waals surface area contributed by atoms with Gasteiger partial charge < -0.3 is 20.1 Å². The summed E-state index contributed by atoms with van der Waals surface area (Å²) >= 11 is 0. The van der Waals surface area contributed by atoms with Gasteiger partial charge in [0.2, 0.25) is 11.6 Å². The first-order valence-corrected chi connectivity index (χ1v) is 13.0. The van der Waals surface area contributed by atoms with Crippen LogP contribution < -0.4 is 0 Å². The second-order valence-electron chi connectivity index (χ2n) is 12.1. The Balaban J connectivity index is 1.78. The Kier molecular flexibility index (Phi) is 6.40. The number of aliphatic hydroxyl groups is 2. The molecule has 0 radical (unpaired) electrons. The summed E-state index contributed by atoms with van der Waals surface area (Å²) in [6.07, 6.45) is -0.782. The van der Waals surface area contributed by atoms with Crippen LogP contribution in [0, 0.1) is 28.6 Å². The van der Waals surface area contributed by atoms with Gasteiger partial charge in [-0.25, -0.2) is 9.18 Å². The van der Waals surface area contributed by atoms with E-state index in [1.165, 1.54) is 27.7 Å². The molecule has 0 aliphatic heterocycles. The molecule has 0 aromatic heterocycles. The fraction of sp³-hybridized carbons (Fsp3) is 0.714. The van der Waals surface area contributed by atoms with E-state index < -0.39 is 63.7 Å². The van der Waals surface area contributed by atoms with E-state index in [2.05, 4.69) is 6.58 Å². The van der Waals surface area contributed by atoms with E-state index in [-0.39, 0.29) is 35.8 Å². The van der Waals surface area contributed by atoms with E-state index in [0.29, 0.717) is 31.3 Å². The number of alkyl halides is 1. The molecule has 9 heteroatoms. The van der Waals surface area contributed by atoms with Gasteiger partial charge in [-0.05, 0) is 93.6 Å². The number of hydrogen-bond donors (Lipinski definition) is 3. The number of aliphatic hydroxyl groups excluding tert-OH is 1. The van der Waals surface area contributed by atoms with Crippen LogP contribution in [0.5, 0.6) is 0 Å². The molecule has 0 bridgehead atoms. The van der Waals surface area contributed by atoms with Gasteiger partial charge in [0.15, 0.2) is 5.60 Å². The minimum atomic E-state index is -2.12. The van der Waals surface area contributed by atoms with Gasteiger partial charge in [0.1, 0.15) is 17.9 Å². The first kappa shape index (κ1) is 27.6.